The Morgan fingerprint density at radius 2 is 1.80 bits per heavy atom. The summed E-state index contributed by atoms with van der Waals surface area (Å²) in [5, 5.41) is 0.733. The molecule has 1 aromatic rings. The summed E-state index contributed by atoms with van der Waals surface area (Å²) in [7, 11) is 0. The molecule has 0 radical (unpaired) electrons. The van der Waals surface area contributed by atoms with Crippen LogP contribution in [0.25, 0.3) is 22.5 Å². The maximum atomic E-state index is 5.92. The molecule has 0 amide bonds. The molecule has 0 saturated carbocycles. The molecular weight excluding hydrogens is 272 g/mol. The second-order valence-corrected chi connectivity index (χ2v) is 5.11. The van der Waals surface area contributed by atoms with E-state index in [0.717, 1.165) is 39.6 Å². The average molecular weight is 287 g/mol. The second kappa shape index (κ2) is 5.59. The van der Waals surface area contributed by atoms with Crippen LogP contribution in [0.3, 0.4) is 0 Å². The second-order valence-electron chi connectivity index (χ2n) is 4.67. The molecule has 0 saturated heterocycles. The lowest BCUT2D eigenvalue weighted by atomic mass is 10.1. The van der Waals surface area contributed by atoms with Crippen LogP contribution in [0.2, 0.25) is 5.02 Å². The predicted molar refractivity (Wildman–Crippen MR) is 81.6 cm³/mol. The predicted octanol–water partition coefficient (Wildman–Crippen LogP) is 5.49. The van der Waals surface area contributed by atoms with Crippen LogP contribution >= 0.6 is 11.6 Å². The number of rotatable bonds is 4. The van der Waals surface area contributed by atoms with E-state index >= 15 is 0 Å². The fourth-order valence-corrected chi connectivity index (χ4v) is 2.31. The van der Waals surface area contributed by atoms with E-state index in [0.29, 0.717) is 6.61 Å². The van der Waals surface area contributed by atoms with Gasteiger partial charge < -0.3 is 9.15 Å². The van der Waals surface area contributed by atoms with Gasteiger partial charge in [0.15, 0.2) is 5.75 Å². The highest BCUT2D eigenvalue weighted by molar-refractivity contribution is 6.30. The highest BCUT2D eigenvalue weighted by atomic mass is 35.5. The molecule has 0 unspecified atom stereocenters. The maximum Gasteiger partial charge on any atom is 0.155 e. The van der Waals surface area contributed by atoms with E-state index in [-0.39, 0.29) is 0 Å². The topological polar surface area (TPSA) is 22.4 Å². The normalized spacial score (nSPS) is 10.9. The minimum Gasteiger partial charge on any atom is -0.490 e. The lowest BCUT2D eigenvalue weighted by Crippen LogP contribution is -1.94. The van der Waals surface area contributed by atoms with Gasteiger partial charge in [-0.3, -0.25) is 0 Å². The molecule has 2 nitrogen and oxygen atoms in total. The van der Waals surface area contributed by atoms with Crippen LogP contribution < -0.4 is 4.74 Å². The van der Waals surface area contributed by atoms with Crippen molar-refractivity contribution in [3.05, 3.63) is 53.8 Å². The fraction of sp³-hybridized carbons (Fsp3) is 0.176. The summed E-state index contributed by atoms with van der Waals surface area (Å²) in [6.07, 6.45) is 2.65. The highest BCUT2D eigenvalue weighted by Crippen LogP contribution is 2.37. The summed E-state index contributed by atoms with van der Waals surface area (Å²) in [5.41, 5.74) is 3.21. The van der Waals surface area contributed by atoms with Gasteiger partial charge in [-0.1, -0.05) is 36.7 Å². The van der Waals surface area contributed by atoms with Crippen molar-refractivity contribution in [2.24, 2.45) is 0 Å². The molecule has 1 aliphatic carbocycles. The number of hydrogen-bond donors (Lipinski definition) is 0. The molecular formula is C17H15ClO2. The summed E-state index contributed by atoms with van der Waals surface area (Å²) in [6.45, 7) is 2.78. The van der Waals surface area contributed by atoms with E-state index in [1.807, 2.05) is 36.4 Å². The third-order valence-corrected chi connectivity index (χ3v) is 3.41. The smallest absolute Gasteiger partial charge is 0.155 e. The van der Waals surface area contributed by atoms with Crippen molar-refractivity contribution in [2.45, 2.75) is 13.3 Å². The van der Waals surface area contributed by atoms with Crippen LogP contribution in [0.1, 0.15) is 13.3 Å². The van der Waals surface area contributed by atoms with Crippen LogP contribution in [0.15, 0.2) is 53.1 Å². The number of halogens is 1. The van der Waals surface area contributed by atoms with E-state index < -0.39 is 0 Å². The van der Waals surface area contributed by atoms with E-state index in [9.17, 15) is 0 Å². The molecule has 0 atom stereocenters. The van der Waals surface area contributed by atoms with Gasteiger partial charge in [-0.05, 0) is 36.2 Å². The highest BCUT2D eigenvalue weighted by Gasteiger charge is 2.14. The zero-order valence-corrected chi connectivity index (χ0v) is 12.0. The van der Waals surface area contributed by atoms with E-state index in [1.165, 1.54) is 0 Å². The van der Waals surface area contributed by atoms with Crippen molar-refractivity contribution in [1.29, 1.82) is 0 Å². The van der Waals surface area contributed by atoms with E-state index in [2.05, 4.69) is 13.0 Å². The van der Waals surface area contributed by atoms with Gasteiger partial charge in [-0.2, -0.15) is 0 Å². The average Bonchev–Trinajstić information content (AvgIpc) is 2.89. The van der Waals surface area contributed by atoms with Crippen molar-refractivity contribution in [3.8, 4) is 28.2 Å². The first kappa shape index (κ1) is 13.1. The Hall–Kier alpha value is -1.93. The third kappa shape index (κ3) is 2.52. The minimum absolute atomic E-state index is 0.700. The first-order valence-electron chi connectivity index (χ1n) is 6.68. The number of benzene rings is 1. The van der Waals surface area contributed by atoms with E-state index in [4.69, 9.17) is 20.8 Å². The Morgan fingerprint density at radius 1 is 1.05 bits per heavy atom. The Morgan fingerprint density at radius 3 is 2.55 bits per heavy atom. The molecule has 1 aliphatic heterocycles. The van der Waals surface area contributed by atoms with Crippen LogP contribution in [0, 0.1) is 0 Å². The van der Waals surface area contributed by atoms with Crippen LogP contribution in [0.4, 0.5) is 0 Å². The molecule has 2 aliphatic rings. The molecule has 0 fully saturated rings. The summed E-state index contributed by atoms with van der Waals surface area (Å²) in [5.74, 6) is 1.64. The summed E-state index contributed by atoms with van der Waals surface area (Å²) >= 11 is 5.92. The van der Waals surface area contributed by atoms with Crippen LogP contribution in [-0.2, 0) is 0 Å². The van der Waals surface area contributed by atoms with Crippen molar-refractivity contribution >= 4 is 11.6 Å². The van der Waals surface area contributed by atoms with Crippen molar-refractivity contribution in [1.82, 2.24) is 0 Å². The van der Waals surface area contributed by atoms with Gasteiger partial charge in [0.25, 0.3) is 0 Å². The van der Waals surface area contributed by atoms with Gasteiger partial charge in [-0.15, -0.1) is 0 Å². The number of fused-ring (bicyclic) bond motifs is 1. The zero-order chi connectivity index (χ0) is 13.9. The summed E-state index contributed by atoms with van der Waals surface area (Å²) in [4.78, 5) is 0. The maximum absolute atomic E-state index is 5.92. The Bertz CT molecular complexity index is 670. The van der Waals surface area contributed by atoms with Gasteiger partial charge in [-0.25, -0.2) is 0 Å². The number of ether oxygens (including phenoxy) is 1. The van der Waals surface area contributed by atoms with Crippen molar-refractivity contribution in [2.75, 3.05) is 6.61 Å². The molecule has 0 N–H and O–H groups in total. The van der Waals surface area contributed by atoms with Gasteiger partial charge in [0.1, 0.15) is 12.0 Å². The zero-order valence-electron chi connectivity index (χ0n) is 11.2. The molecule has 1 aromatic carbocycles. The van der Waals surface area contributed by atoms with Crippen LogP contribution in [-0.4, -0.2) is 6.61 Å². The summed E-state index contributed by atoms with van der Waals surface area (Å²) in [6, 6.07) is 13.9. The lowest BCUT2D eigenvalue weighted by Gasteiger charge is -2.08. The fourth-order valence-electron chi connectivity index (χ4n) is 2.18. The van der Waals surface area contributed by atoms with Gasteiger partial charge >= 0.3 is 0 Å². The quantitative estimate of drug-likeness (QED) is 0.632. The van der Waals surface area contributed by atoms with Crippen molar-refractivity contribution < 1.29 is 9.15 Å². The SMILES string of the molecule is CCCOc1coc2c(-c3ccc(Cl)cc3)ccc-2c1. The molecule has 102 valence electrons. The standard InChI is InChI=1S/C17H15ClO2/c1-2-9-19-15-10-13-5-8-16(17(13)20-11-15)12-3-6-14(18)7-4-12/h3-8,10-11H,2,9H2,1H3. The molecule has 0 aromatic heterocycles. The summed E-state index contributed by atoms with van der Waals surface area (Å²) < 4.78 is 11.3. The number of hydrogen-bond acceptors (Lipinski definition) is 2. The Balaban J connectivity index is 1.96. The molecule has 3 rings (SSSR count). The van der Waals surface area contributed by atoms with Crippen molar-refractivity contribution in [3.63, 3.8) is 0 Å². The van der Waals surface area contributed by atoms with Gasteiger partial charge in [0, 0.05) is 16.1 Å². The lowest BCUT2D eigenvalue weighted by molar-refractivity contribution is 0.307. The van der Waals surface area contributed by atoms with Crippen LogP contribution in [0.5, 0.6) is 5.75 Å². The first-order chi connectivity index (χ1) is 9.78. The molecule has 0 spiro atoms. The molecule has 3 heteroatoms. The third-order valence-electron chi connectivity index (χ3n) is 3.16. The molecule has 1 heterocycles. The molecule has 0 bridgehead atoms. The first-order valence-corrected chi connectivity index (χ1v) is 7.05. The van der Waals surface area contributed by atoms with E-state index in [1.54, 1.807) is 6.26 Å². The van der Waals surface area contributed by atoms with Gasteiger partial charge in [0.05, 0.1) is 6.61 Å². The Kier molecular flexibility index (Phi) is 3.66. The largest absolute Gasteiger partial charge is 0.490 e. The minimum atomic E-state index is 0.700. The molecule has 20 heavy (non-hydrogen) atoms. The monoisotopic (exact) mass is 286 g/mol. The van der Waals surface area contributed by atoms with Gasteiger partial charge in [0.2, 0.25) is 0 Å². The Labute approximate surface area is 123 Å².